The number of hydrogen-bond donors (Lipinski definition) is 1. The normalized spacial score (nSPS) is 13.9. The number of hydrogen-bond acceptors (Lipinski definition) is 5. The van der Waals surface area contributed by atoms with Crippen LogP contribution < -0.4 is 4.72 Å². The van der Waals surface area contributed by atoms with E-state index >= 15 is 0 Å². The standard InChI is InChI=1S/C13H14FNO4S3/c1-21(16,17)15-9-12(10-4-6-11(14)7-5-10)22(18,19)13-3-2-8-20-13/h2-8,12,15H,9H2,1H3/t12-/m1/s1. The number of halogens is 1. The van der Waals surface area contributed by atoms with Crippen molar-refractivity contribution < 1.29 is 21.2 Å². The minimum atomic E-state index is -3.78. The molecule has 1 heterocycles. The van der Waals surface area contributed by atoms with Crippen LogP contribution in [-0.4, -0.2) is 29.6 Å². The molecule has 1 N–H and O–H groups in total. The van der Waals surface area contributed by atoms with Gasteiger partial charge in [-0.15, -0.1) is 11.3 Å². The van der Waals surface area contributed by atoms with Crippen molar-refractivity contribution >= 4 is 31.2 Å². The molecule has 0 spiro atoms. The smallest absolute Gasteiger partial charge is 0.208 e. The van der Waals surface area contributed by atoms with Crippen LogP contribution in [0.3, 0.4) is 0 Å². The van der Waals surface area contributed by atoms with Gasteiger partial charge in [0.15, 0.2) is 9.84 Å². The first-order valence-electron chi connectivity index (χ1n) is 6.17. The Hall–Kier alpha value is -1.29. The molecule has 0 unspecified atom stereocenters. The Balaban J connectivity index is 2.43. The maximum absolute atomic E-state index is 13.0. The van der Waals surface area contributed by atoms with Gasteiger partial charge in [-0.25, -0.2) is 25.9 Å². The number of thiophene rings is 1. The Labute approximate surface area is 132 Å². The van der Waals surface area contributed by atoms with Gasteiger partial charge in [-0.05, 0) is 29.1 Å². The van der Waals surface area contributed by atoms with Crippen molar-refractivity contribution in [2.24, 2.45) is 0 Å². The third kappa shape index (κ3) is 4.13. The van der Waals surface area contributed by atoms with E-state index in [-0.39, 0.29) is 10.8 Å². The summed E-state index contributed by atoms with van der Waals surface area (Å²) in [6.07, 6.45) is 0.951. The average Bonchev–Trinajstić information content (AvgIpc) is 2.94. The van der Waals surface area contributed by atoms with Crippen LogP contribution in [0.2, 0.25) is 0 Å². The molecule has 0 amide bonds. The van der Waals surface area contributed by atoms with Crippen LogP contribution in [0.25, 0.3) is 0 Å². The highest BCUT2D eigenvalue weighted by atomic mass is 32.2. The topological polar surface area (TPSA) is 80.3 Å². The van der Waals surface area contributed by atoms with E-state index in [1.807, 2.05) is 0 Å². The zero-order valence-electron chi connectivity index (χ0n) is 11.6. The van der Waals surface area contributed by atoms with E-state index in [4.69, 9.17) is 0 Å². The van der Waals surface area contributed by atoms with E-state index < -0.39 is 30.9 Å². The third-order valence-electron chi connectivity index (χ3n) is 2.92. The lowest BCUT2D eigenvalue weighted by atomic mass is 10.1. The van der Waals surface area contributed by atoms with Gasteiger partial charge in [0.1, 0.15) is 15.3 Å². The van der Waals surface area contributed by atoms with Gasteiger partial charge in [0.05, 0.1) is 6.26 Å². The number of rotatable bonds is 6. The second kappa shape index (κ2) is 6.45. The number of sulfonamides is 1. The zero-order chi connectivity index (χ0) is 16.4. The molecule has 0 radical (unpaired) electrons. The molecule has 0 saturated heterocycles. The van der Waals surface area contributed by atoms with Crippen molar-refractivity contribution in [1.82, 2.24) is 4.72 Å². The summed E-state index contributed by atoms with van der Waals surface area (Å²) in [4.78, 5) is 0. The van der Waals surface area contributed by atoms with E-state index in [0.29, 0.717) is 5.56 Å². The van der Waals surface area contributed by atoms with Gasteiger partial charge in [-0.2, -0.15) is 0 Å². The molecule has 5 nitrogen and oxygen atoms in total. The summed E-state index contributed by atoms with van der Waals surface area (Å²) in [5, 5.41) is 0.500. The summed E-state index contributed by atoms with van der Waals surface area (Å²) in [5.74, 6) is -0.493. The van der Waals surface area contributed by atoms with Crippen molar-refractivity contribution in [3.05, 3.63) is 53.2 Å². The minimum Gasteiger partial charge on any atom is -0.222 e. The van der Waals surface area contributed by atoms with Gasteiger partial charge in [0.25, 0.3) is 0 Å². The van der Waals surface area contributed by atoms with E-state index in [0.717, 1.165) is 29.7 Å². The van der Waals surface area contributed by atoms with Crippen LogP contribution in [0.4, 0.5) is 4.39 Å². The molecule has 22 heavy (non-hydrogen) atoms. The Kier molecular flexibility index (Phi) is 5.00. The van der Waals surface area contributed by atoms with E-state index in [2.05, 4.69) is 4.72 Å². The first kappa shape index (κ1) is 17.1. The van der Waals surface area contributed by atoms with Gasteiger partial charge in [0.2, 0.25) is 10.0 Å². The second-order valence-electron chi connectivity index (χ2n) is 4.64. The predicted molar refractivity (Wildman–Crippen MR) is 83.5 cm³/mol. The average molecular weight is 363 g/mol. The van der Waals surface area contributed by atoms with Crippen LogP contribution in [0, 0.1) is 5.82 Å². The summed E-state index contributed by atoms with van der Waals surface area (Å²) in [6.45, 7) is -0.315. The number of nitrogens with one attached hydrogen (secondary N) is 1. The molecule has 9 heteroatoms. The highest BCUT2D eigenvalue weighted by Gasteiger charge is 2.30. The quantitative estimate of drug-likeness (QED) is 0.851. The Bertz CT molecular complexity index is 828. The van der Waals surface area contributed by atoms with E-state index in [1.54, 1.807) is 11.4 Å². The number of benzene rings is 1. The Morgan fingerprint density at radius 1 is 1.14 bits per heavy atom. The highest BCUT2D eigenvalue weighted by Crippen LogP contribution is 2.31. The number of sulfone groups is 1. The van der Waals surface area contributed by atoms with Crippen molar-refractivity contribution in [2.45, 2.75) is 9.46 Å². The maximum atomic E-state index is 13.0. The molecule has 0 aliphatic heterocycles. The van der Waals surface area contributed by atoms with Gasteiger partial charge in [-0.3, -0.25) is 0 Å². The highest BCUT2D eigenvalue weighted by molar-refractivity contribution is 7.93. The molecule has 0 fully saturated rings. The van der Waals surface area contributed by atoms with Crippen molar-refractivity contribution in [2.75, 3.05) is 12.8 Å². The largest absolute Gasteiger partial charge is 0.222 e. The van der Waals surface area contributed by atoms with Crippen LogP contribution in [0.1, 0.15) is 10.8 Å². The fourth-order valence-electron chi connectivity index (χ4n) is 1.88. The molecule has 0 aliphatic rings. The van der Waals surface area contributed by atoms with E-state index in [9.17, 15) is 21.2 Å². The van der Waals surface area contributed by atoms with E-state index in [1.165, 1.54) is 18.2 Å². The van der Waals surface area contributed by atoms with Crippen molar-refractivity contribution in [3.8, 4) is 0 Å². The molecule has 2 rings (SSSR count). The molecule has 1 aromatic carbocycles. The predicted octanol–water partition coefficient (Wildman–Crippen LogP) is 1.95. The third-order valence-corrected chi connectivity index (χ3v) is 7.15. The molecule has 0 aliphatic carbocycles. The zero-order valence-corrected chi connectivity index (χ0v) is 14.0. The molecule has 2 aromatic rings. The van der Waals surface area contributed by atoms with Gasteiger partial charge >= 0.3 is 0 Å². The summed E-state index contributed by atoms with van der Waals surface area (Å²) in [7, 11) is -7.33. The Morgan fingerprint density at radius 2 is 1.77 bits per heavy atom. The lowest BCUT2D eigenvalue weighted by Gasteiger charge is -2.17. The molecule has 0 bridgehead atoms. The molecule has 1 atom stereocenters. The van der Waals surface area contributed by atoms with Crippen LogP contribution >= 0.6 is 11.3 Å². The fourth-order valence-corrected chi connectivity index (χ4v) is 5.32. The molecular weight excluding hydrogens is 349 g/mol. The van der Waals surface area contributed by atoms with Crippen LogP contribution in [0.5, 0.6) is 0 Å². The lowest BCUT2D eigenvalue weighted by molar-refractivity contribution is 0.572. The minimum absolute atomic E-state index is 0.136. The van der Waals surface area contributed by atoms with Gasteiger partial charge < -0.3 is 0 Å². The Morgan fingerprint density at radius 3 is 2.27 bits per heavy atom. The first-order chi connectivity index (χ1) is 10.2. The summed E-state index contributed by atoms with van der Waals surface area (Å²) in [6, 6.07) is 8.03. The molecule has 0 saturated carbocycles. The first-order valence-corrected chi connectivity index (χ1v) is 10.5. The van der Waals surface area contributed by atoms with Crippen LogP contribution in [-0.2, 0) is 19.9 Å². The lowest BCUT2D eigenvalue weighted by Crippen LogP contribution is -2.31. The summed E-state index contributed by atoms with van der Waals surface area (Å²) >= 11 is 1.05. The summed E-state index contributed by atoms with van der Waals surface area (Å²) in [5.41, 5.74) is 0.325. The molecule has 120 valence electrons. The van der Waals surface area contributed by atoms with Gasteiger partial charge in [-0.1, -0.05) is 18.2 Å². The second-order valence-corrected chi connectivity index (χ2v) is 9.78. The van der Waals surface area contributed by atoms with Crippen molar-refractivity contribution in [3.63, 3.8) is 0 Å². The fraction of sp³-hybridized carbons (Fsp3) is 0.231. The summed E-state index contributed by atoms with van der Waals surface area (Å²) < 4.78 is 63.3. The van der Waals surface area contributed by atoms with Crippen LogP contribution in [0.15, 0.2) is 46.0 Å². The van der Waals surface area contributed by atoms with Crippen molar-refractivity contribution in [1.29, 1.82) is 0 Å². The SMILES string of the molecule is CS(=O)(=O)NC[C@H](c1ccc(F)cc1)S(=O)(=O)c1cccs1. The van der Waals surface area contributed by atoms with Gasteiger partial charge in [0, 0.05) is 6.54 Å². The molecule has 1 aromatic heterocycles. The monoisotopic (exact) mass is 363 g/mol. The maximum Gasteiger partial charge on any atom is 0.208 e. The molecular formula is C13H14FNO4S3.